The van der Waals surface area contributed by atoms with E-state index in [0.717, 1.165) is 5.69 Å². The van der Waals surface area contributed by atoms with Gasteiger partial charge in [0.1, 0.15) is 0 Å². The minimum atomic E-state index is 0.0134. The first kappa shape index (κ1) is 9.52. The molecule has 0 heterocycles. The number of carbonyl (C=O) groups is 1. The Labute approximate surface area is 78.3 Å². The van der Waals surface area contributed by atoms with Crippen molar-refractivity contribution < 1.29 is 4.79 Å². The highest BCUT2D eigenvalue weighted by Gasteiger charge is 1.98. The quantitative estimate of drug-likeness (QED) is 0.698. The number of nitrogens with one attached hydrogen (secondary N) is 1. The van der Waals surface area contributed by atoms with Crippen molar-refractivity contribution in [1.29, 1.82) is 0 Å². The van der Waals surface area contributed by atoms with Crippen LogP contribution in [0.4, 0.5) is 5.69 Å². The molecule has 0 atom stereocenters. The molecular weight excluding hydrogens is 162 g/mol. The molecule has 1 N–H and O–H groups in total. The van der Waals surface area contributed by atoms with Gasteiger partial charge in [0, 0.05) is 12.1 Å². The lowest BCUT2D eigenvalue weighted by molar-refractivity contribution is -0.116. The summed E-state index contributed by atoms with van der Waals surface area (Å²) in [5.74, 6) is 0.0134. The summed E-state index contributed by atoms with van der Waals surface area (Å²) in [5, 5.41) is 2.76. The molecule has 0 fully saturated rings. The first-order chi connectivity index (χ1) is 6.33. The maximum absolute atomic E-state index is 11.2. The van der Waals surface area contributed by atoms with Crippen LogP contribution in [0.15, 0.2) is 36.9 Å². The fourth-order valence-electron chi connectivity index (χ4n) is 0.928. The molecule has 0 spiro atoms. The second-order valence-corrected chi connectivity index (χ2v) is 2.67. The van der Waals surface area contributed by atoms with Gasteiger partial charge in [-0.1, -0.05) is 18.2 Å². The molecule has 0 aliphatic carbocycles. The van der Waals surface area contributed by atoms with Crippen LogP contribution in [0.2, 0.25) is 0 Å². The van der Waals surface area contributed by atoms with Gasteiger partial charge in [0.25, 0.3) is 0 Å². The van der Waals surface area contributed by atoms with Gasteiger partial charge in [-0.2, -0.15) is 0 Å². The van der Waals surface area contributed by atoms with Gasteiger partial charge in [-0.3, -0.25) is 4.79 Å². The molecule has 1 aromatic carbocycles. The predicted octanol–water partition coefficient (Wildman–Crippen LogP) is 2.39. The normalized spacial score (nSPS) is 9.23. The van der Waals surface area contributed by atoms with Crippen molar-refractivity contribution in [3.05, 3.63) is 43.0 Å². The molecule has 0 saturated carbocycles. The maximum atomic E-state index is 11.2. The third-order valence-electron chi connectivity index (χ3n) is 1.57. The Morgan fingerprint density at radius 1 is 1.69 bits per heavy atom. The molecule has 1 aromatic rings. The topological polar surface area (TPSA) is 29.1 Å². The standard InChI is InChI=1S/C11H12NO/c1-2-3-9-11(13)12-10-7-5-4-6-8-10/h2,4-5,7-8H,1,3,9H2,(H,12,13). The van der Waals surface area contributed by atoms with E-state index < -0.39 is 0 Å². The first-order valence-electron chi connectivity index (χ1n) is 4.20. The van der Waals surface area contributed by atoms with Crippen LogP contribution in [-0.4, -0.2) is 5.91 Å². The Kier molecular flexibility index (Phi) is 3.76. The lowest BCUT2D eigenvalue weighted by Gasteiger charge is -2.02. The van der Waals surface area contributed by atoms with E-state index in [1.165, 1.54) is 0 Å². The Morgan fingerprint density at radius 2 is 2.54 bits per heavy atom. The SMILES string of the molecule is C=CCCC(=O)Nc1c[c]ccc1. The highest BCUT2D eigenvalue weighted by atomic mass is 16.1. The van der Waals surface area contributed by atoms with Crippen LogP contribution in [-0.2, 0) is 4.79 Å². The minimum Gasteiger partial charge on any atom is -0.326 e. The van der Waals surface area contributed by atoms with E-state index in [0.29, 0.717) is 12.8 Å². The van der Waals surface area contributed by atoms with Crippen LogP contribution in [0.25, 0.3) is 0 Å². The van der Waals surface area contributed by atoms with Gasteiger partial charge in [-0.05, 0) is 24.6 Å². The second-order valence-electron chi connectivity index (χ2n) is 2.67. The van der Waals surface area contributed by atoms with E-state index in [-0.39, 0.29) is 5.91 Å². The molecule has 1 amide bonds. The molecule has 67 valence electrons. The van der Waals surface area contributed by atoms with Crippen LogP contribution >= 0.6 is 0 Å². The van der Waals surface area contributed by atoms with E-state index in [4.69, 9.17) is 0 Å². The molecule has 1 radical (unpaired) electrons. The summed E-state index contributed by atoms with van der Waals surface area (Å²) < 4.78 is 0. The Bertz CT molecular complexity index is 279. The van der Waals surface area contributed by atoms with Gasteiger partial charge in [-0.25, -0.2) is 0 Å². The van der Waals surface area contributed by atoms with Gasteiger partial charge >= 0.3 is 0 Å². The van der Waals surface area contributed by atoms with E-state index in [2.05, 4.69) is 18.0 Å². The molecule has 2 heteroatoms. The third kappa shape index (κ3) is 3.56. The largest absolute Gasteiger partial charge is 0.326 e. The van der Waals surface area contributed by atoms with Crippen molar-refractivity contribution in [2.45, 2.75) is 12.8 Å². The van der Waals surface area contributed by atoms with Crippen LogP contribution in [0.5, 0.6) is 0 Å². The smallest absolute Gasteiger partial charge is 0.224 e. The van der Waals surface area contributed by atoms with Crippen molar-refractivity contribution in [2.75, 3.05) is 5.32 Å². The number of anilines is 1. The number of benzene rings is 1. The zero-order valence-corrected chi connectivity index (χ0v) is 7.42. The first-order valence-corrected chi connectivity index (χ1v) is 4.20. The van der Waals surface area contributed by atoms with Crippen LogP contribution in [0.3, 0.4) is 0 Å². The van der Waals surface area contributed by atoms with Crippen molar-refractivity contribution in [2.24, 2.45) is 0 Å². The van der Waals surface area contributed by atoms with Gasteiger partial charge in [0.15, 0.2) is 0 Å². The highest BCUT2D eigenvalue weighted by Crippen LogP contribution is 2.05. The Hall–Kier alpha value is -1.57. The van der Waals surface area contributed by atoms with Crippen LogP contribution in [0.1, 0.15) is 12.8 Å². The van der Waals surface area contributed by atoms with Gasteiger partial charge in [0.05, 0.1) is 0 Å². The van der Waals surface area contributed by atoms with E-state index in [9.17, 15) is 4.79 Å². The molecule has 1 rings (SSSR count). The molecule has 0 bridgehead atoms. The summed E-state index contributed by atoms with van der Waals surface area (Å²) in [6.45, 7) is 3.55. The summed E-state index contributed by atoms with van der Waals surface area (Å²) in [6, 6.07) is 10.1. The molecule has 0 aliphatic heterocycles. The number of amides is 1. The molecular formula is C11H12NO. The van der Waals surface area contributed by atoms with Crippen molar-refractivity contribution in [3.63, 3.8) is 0 Å². The maximum Gasteiger partial charge on any atom is 0.224 e. The fourth-order valence-corrected chi connectivity index (χ4v) is 0.928. The highest BCUT2D eigenvalue weighted by molar-refractivity contribution is 5.90. The van der Waals surface area contributed by atoms with E-state index in [1.54, 1.807) is 18.2 Å². The third-order valence-corrected chi connectivity index (χ3v) is 1.57. The fraction of sp³-hybridized carbons (Fsp3) is 0.182. The number of carbonyl (C=O) groups excluding carboxylic acids is 1. The molecule has 0 aliphatic rings. The lowest BCUT2D eigenvalue weighted by Crippen LogP contribution is -2.10. The van der Waals surface area contributed by atoms with Gasteiger partial charge in [-0.15, -0.1) is 6.58 Å². The second kappa shape index (κ2) is 5.14. The summed E-state index contributed by atoms with van der Waals surface area (Å²) in [4.78, 5) is 11.2. The monoisotopic (exact) mass is 174 g/mol. The van der Waals surface area contributed by atoms with Crippen molar-refractivity contribution in [3.8, 4) is 0 Å². The molecule has 0 unspecified atom stereocenters. The zero-order chi connectivity index (χ0) is 9.52. The lowest BCUT2D eigenvalue weighted by atomic mass is 10.2. The Balaban J connectivity index is 2.41. The van der Waals surface area contributed by atoms with Crippen LogP contribution in [0, 0.1) is 6.07 Å². The average Bonchev–Trinajstić information content (AvgIpc) is 2.16. The van der Waals surface area contributed by atoms with Crippen LogP contribution < -0.4 is 5.32 Å². The molecule has 0 saturated heterocycles. The summed E-state index contributed by atoms with van der Waals surface area (Å²) in [7, 11) is 0. The number of hydrogen-bond acceptors (Lipinski definition) is 1. The van der Waals surface area contributed by atoms with Gasteiger partial charge in [0.2, 0.25) is 5.91 Å². The minimum absolute atomic E-state index is 0.0134. The number of hydrogen-bond donors (Lipinski definition) is 1. The number of allylic oxidation sites excluding steroid dienone is 1. The summed E-state index contributed by atoms with van der Waals surface area (Å²) in [6.07, 6.45) is 2.93. The predicted molar refractivity (Wildman–Crippen MR) is 53.3 cm³/mol. The Morgan fingerprint density at radius 3 is 3.15 bits per heavy atom. The zero-order valence-electron chi connectivity index (χ0n) is 7.42. The summed E-state index contributed by atoms with van der Waals surface area (Å²) >= 11 is 0. The van der Waals surface area contributed by atoms with E-state index >= 15 is 0 Å². The average molecular weight is 174 g/mol. The van der Waals surface area contributed by atoms with E-state index in [1.807, 2.05) is 12.1 Å². The summed E-state index contributed by atoms with van der Waals surface area (Å²) in [5.41, 5.74) is 0.788. The van der Waals surface area contributed by atoms with Crippen molar-refractivity contribution >= 4 is 11.6 Å². The molecule has 0 aromatic heterocycles. The number of rotatable bonds is 4. The molecule has 13 heavy (non-hydrogen) atoms. The van der Waals surface area contributed by atoms with Crippen molar-refractivity contribution in [1.82, 2.24) is 0 Å². The van der Waals surface area contributed by atoms with Gasteiger partial charge < -0.3 is 5.32 Å². The molecule has 2 nitrogen and oxygen atoms in total.